The first kappa shape index (κ1) is 14.5. The molecule has 3 atom stereocenters. The highest BCUT2D eigenvalue weighted by atomic mass is 14.3. The lowest BCUT2D eigenvalue weighted by molar-refractivity contribution is 0.588. The van der Waals surface area contributed by atoms with Crippen molar-refractivity contribution in [3.63, 3.8) is 0 Å². The molecule has 17 heavy (non-hydrogen) atoms. The Morgan fingerprint density at radius 1 is 0.882 bits per heavy atom. The van der Waals surface area contributed by atoms with Crippen molar-refractivity contribution < 1.29 is 0 Å². The van der Waals surface area contributed by atoms with E-state index in [2.05, 4.69) is 47.6 Å². The molecule has 0 saturated carbocycles. The van der Waals surface area contributed by atoms with E-state index in [0.717, 1.165) is 17.8 Å². The molecule has 0 aromatic rings. The van der Waals surface area contributed by atoms with Crippen LogP contribution >= 0.6 is 0 Å². The number of hydrogen-bond acceptors (Lipinski definition) is 0. The molecule has 0 bridgehead atoms. The average molecular weight is 234 g/mol. The maximum absolute atomic E-state index is 2.53. The van der Waals surface area contributed by atoms with Gasteiger partial charge in [-0.2, -0.15) is 0 Å². The Hall–Kier alpha value is -0.520. The predicted octanol–water partition coefficient (Wildman–Crippen LogP) is 5.75. The van der Waals surface area contributed by atoms with Crippen LogP contribution in [0.4, 0.5) is 0 Å². The van der Waals surface area contributed by atoms with Crippen molar-refractivity contribution in [3.8, 4) is 0 Å². The van der Waals surface area contributed by atoms with Crippen molar-refractivity contribution in [3.05, 3.63) is 22.8 Å². The second kappa shape index (κ2) is 6.42. The Labute approximate surface area is 108 Å². The standard InChI is InChI=1S/C17H30/c1-7-12(4)15-10-16(13(5)8-2)17(11-15)14(6)9-3/h10,12-14H,7-9,11H2,1-6H3. The first-order valence-electron chi connectivity index (χ1n) is 7.48. The number of hydrogen-bond donors (Lipinski definition) is 0. The Morgan fingerprint density at radius 3 is 1.88 bits per heavy atom. The molecule has 1 aliphatic rings. The van der Waals surface area contributed by atoms with Gasteiger partial charge in [0.25, 0.3) is 0 Å². The van der Waals surface area contributed by atoms with Gasteiger partial charge in [-0.15, -0.1) is 0 Å². The van der Waals surface area contributed by atoms with Crippen molar-refractivity contribution in [2.45, 2.75) is 67.2 Å². The summed E-state index contributed by atoms with van der Waals surface area (Å²) < 4.78 is 0. The molecular formula is C17H30. The first-order valence-corrected chi connectivity index (χ1v) is 7.48. The van der Waals surface area contributed by atoms with Crippen molar-refractivity contribution in [1.82, 2.24) is 0 Å². The molecule has 1 rings (SSSR count). The van der Waals surface area contributed by atoms with Crippen LogP contribution in [0.2, 0.25) is 0 Å². The highest BCUT2D eigenvalue weighted by Gasteiger charge is 2.24. The molecule has 3 unspecified atom stereocenters. The van der Waals surface area contributed by atoms with E-state index in [-0.39, 0.29) is 0 Å². The maximum atomic E-state index is 2.53. The summed E-state index contributed by atoms with van der Waals surface area (Å²) in [6, 6.07) is 0. The van der Waals surface area contributed by atoms with Crippen LogP contribution in [0, 0.1) is 17.8 Å². The third kappa shape index (κ3) is 3.24. The normalized spacial score (nSPS) is 21.4. The second-order valence-electron chi connectivity index (χ2n) is 5.80. The third-order valence-corrected chi connectivity index (χ3v) is 4.70. The zero-order valence-electron chi connectivity index (χ0n) is 12.6. The quantitative estimate of drug-likeness (QED) is 0.549. The minimum absolute atomic E-state index is 0.737. The van der Waals surface area contributed by atoms with Crippen LogP contribution in [0.15, 0.2) is 22.8 Å². The van der Waals surface area contributed by atoms with Crippen LogP contribution in [0.1, 0.15) is 67.2 Å². The fourth-order valence-corrected chi connectivity index (χ4v) is 2.63. The lowest BCUT2D eigenvalue weighted by atomic mass is 9.87. The summed E-state index contributed by atoms with van der Waals surface area (Å²) in [5, 5.41) is 0. The SMILES string of the molecule is CCC(C)C1=CC(C(C)CC)=C(C(C)CC)C1. The molecule has 0 radical (unpaired) electrons. The largest absolute Gasteiger partial charge is 0.0648 e. The molecule has 98 valence electrons. The molecule has 0 heteroatoms. The molecule has 0 saturated heterocycles. The Bertz CT molecular complexity index is 306. The molecule has 0 spiro atoms. The van der Waals surface area contributed by atoms with Gasteiger partial charge in [-0.1, -0.05) is 58.8 Å². The smallest absolute Gasteiger partial charge is 0.00939 e. The zero-order chi connectivity index (χ0) is 13.0. The van der Waals surface area contributed by atoms with Gasteiger partial charge in [-0.25, -0.2) is 0 Å². The van der Waals surface area contributed by atoms with Crippen LogP contribution in [-0.2, 0) is 0 Å². The van der Waals surface area contributed by atoms with E-state index in [0.29, 0.717) is 0 Å². The molecule has 0 fully saturated rings. The molecule has 0 aliphatic heterocycles. The molecule has 0 amide bonds. The molecule has 0 aromatic heterocycles. The van der Waals surface area contributed by atoms with Gasteiger partial charge in [0.2, 0.25) is 0 Å². The Morgan fingerprint density at radius 2 is 1.41 bits per heavy atom. The van der Waals surface area contributed by atoms with Crippen LogP contribution in [0.25, 0.3) is 0 Å². The van der Waals surface area contributed by atoms with Crippen LogP contribution < -0.4 is 0 Å². The van der Waals surface area contributed by atoms with E-state index in [9.17, 15) is 0 Å². The summed E-state index contributed by atoms with van der Waals surface area (Å²) in [4.78, 5) is 0. The Balaban J connectivity index is 2.94. The van der Waals surface area contributed by atoms with Gasteiger partial charge >= 0.3 is 0 Å². The molecule has 0 nitrogen and oxygen atoms in total. The van der Waals surface area contributed by atoms with Gasteiger partial charge < -0.3 is 0 Å². The van der Waals surface area contributed by atoms with Crippen molar-refractivity contribution in [1.29, 1.82) is 0 Å². The van der Waals surface area contributed by atoms with Crippen LogP contribution in [-0.4, -0.2) is 0 Å². The van der Waals surface area contributed by atoms with Crippen molar-refractivity contribution in [2.75, 3.05) is 0 Å². The topological polar surface area (TPSA) is 0 Å². The highest BCUT2D eigenvalue weighted by Crippen LogP contribution is 2.39. The molecular weight excluding hydrogens is 204 g/mol. The minimum Gasteiger partial charge on any atom is -0.0648 e. The summed E-state index contributed by atoms with van der Waals surface area (Å²) in [5.41, 5.74) is 5.08. The fourth-order valence-electron chi connectivity index (χ4n) is 2.63. The molecule has 1 aliphatic carbocycles. The molecule has 0 N–H and O–H groups in total. The fraction of sp³-hybridized carbons (Fsp3) is 0.765. The third-order valence-electron chi connectivity index (χ3n) is 4.70. The minimum atomic E-state index is 0.737. The summed E-state index contributed by atoms with van der Waals surface area (Å²) in [6.07, 6.45) is 7.59. The lowest BCUT2D eigenvalue weighted by Crippen LogP contribution is -2.04. The first-order chi connectivity index (χ1) is 8.04. The van der Waals surface area contributed by atoms with Gasteiger partial charge in [0.1, 0.15) is 0 Å². The van der Waals surface area contributed by atoms with E-state index < -0.39 is 0 Å². The van der Waals surface area contributed by atoms with Gasteiger partial charge in [0, 0.05) is 0 Å². The second-order valence-corrected chi connectivity index (χ2v) is 5.80. The van der Waals surface area contributed by atoms with Gasteiger partial charge in [0.05, 0.1) is 0 Å². The monoisotopic (exact) mass is 234 g/mol. The Kier molecular flexibility index (Phi) is 5.49. The van der Waals surface area contributed by atoms with Crippen LogP contribution in [0.3, 0.4) is 0 Å². The summed E-state index contributed by atoms with van der Waals surface area (Å²) in [6.45, 7) is 14.1. The van der Waals surface area contributed by atoms with Gasteiger partial charge in [-0.05, 0) is 49.0 Å². The van der Waals surface area contributed by atoms with Crippen molar-refractivity contribution in [2.24, 2.45) is 17.8 Å². The zero-order valence-corrected chi connectivity index (χ0v) is 12.6. The van der Waals surface area contributed by atoms with E-state index in [1.54, 1.807) is 16.7 Å². The maximum Gasteiger partial charge on any atom is -0.00939 e. The molecule has 0 heterocycles. The van der Waals surface area contributed by atoms with Crippen LogP contribution in [0.5, 0.6) is 0 Å². The molecule has 0 aromatic carbocycles. The van der Waals surface area contributed by atoms with E-state index in [4.69, 9.17) is 0 Å². The van der Waals surface area contributed by atoms with E-state index in [1.807, 2.05) is 0 Å². The van der Waals surface area contributed by atoms with E-state index in [1.165, 1.54) is 25.7 Å². The number of rotatable bonds is 6. The summed E-state index contributed by atoms with van der Waals surface area (Å²) >= 11 is 0. The summed E-state index contributed by atoms with van der Waals surface area (Å²) in [7, 11) is 0. The van der Waals surface area contributed by atoms with Gasteiger partial charge in [0.15, 0.2) is 0 Å². The lowest BCUT2D eigenvalue weighted by Gasteiger charge is -2.18. The van der Waals surface area contributed by atoms with E-state index >= 15 is 0 Å². The average Bonchev–Trinajstić information content (AvgIpc) is 2.80. The number of allylic oxidation sites excluding steroid dienone is 4. The van der Waals surface area contributed by atoms with Gasteiger partial charge in [-0.3, -0.25) is 0 Å². The summed E-state index contributed by atoms with van der Waals surface area (Å²) in [5.74, 6) is 2.26. The highest BCUT2D eigenvalue weighted by molar-refractivity contribution is 5.42. The van der Waals surface area contributed by atoms with Crippen molar-refractivity contribution >= 4 is 0 Å². The predicted molar refractivity (Wildman–Crippen MR) is 78.1 cm³/mol.